The van der Waals surface area contributed by atoms with Gasteiger partial charge in [0.1, 0.15) is 0 Å². The molecule has 0 bridgehead atoms. The van der Waals surface area contributed by atoms with E-state index in [0.29, 0.717) is 33.5 Å². The predicted molar refractivity (Wildman–Crippen MR) is 259 cm³/mol. The summed E-state index contributed by atoms with van der Waals surface area (Å²) in [4.78, 5) is 43.3. The van der Waals surface area contributed by atoms with Crippen molar-refractivity contribution in [3.63, 3.8) is 0 Å². The van der Waals surface area contributed by atoms with Crippen LogP contribution >= 0.6 is 0 Å². The molecular weight excluding hydrogens is 787 g/mol. The molecule has 6 heteroatoms. The van der Waals surface area contributed by atoms with Crippen LogP contribution in [0, 0.1) is 6.92 Å². The summed E-state index contributed by atoms with van der Waals surface area (Å²) in [6, 6.07) is 58.2. The first-order valence-electron chi connectivity index (χ1n) is 21.6. The average molecular weight is 830 g/mol. The molecule has 64 heavy (non-hydrogen) atoms. The lowest BCUT2D eigenvalue weighted by Gasteiger charge is -2.33. The molecule has 0 radical (unpaired) electrons. The van der Waals surface area contributed by atoms with Crippen molar-refractivity contribution in [2.75, 3.05) is 11.9 Å². The van der Waals surface area contributed by atoms with Crippen LogP contribution in [0.4, 0.5) is 11.4 Å². The lowest BCUT2D eigenvalue weighted by atomic mass is 9.69. The van der Waals surface area contributed by atoms with Gasteiger partial charge in [0.05, 0.1) is 33.4 Å². The van der Waals surface area contributed by atoms with Gasteiger partial charge in [0.25, 0.3) is 5.56 Å². The van der Waals surface area contributed by atoms with E-state index >= 15 is 0 Å². The number of hydrogen-bond donors (Lipinski definition) is 1. The molecule has 1 heterocycles. The van der Waals surface area contributed by atoms with Crippen LogP contribution in [0.15, 0.2) is 187 Å². The van der Waals surface area contributed by atoms with Gasteiger partial charge >= 0.3 is 0 Å². The van der Waals surface area contributed by atoms with Crippen LogP contribution in [0.25, 0.3) is 61.1 Å². The number of nitrogens with zero attached hydrogens (tertiary/aromatic N) is 2. The molecule has 1 aromatic heterocycles. The Labute approximate surface area is 371 Å². The lowest BCUT2D eigenvalue weighted by Crippen LogP contribution is -2.27. The fourth-order valence-corrected chi connectivity index (χ4v) is 10.6. The highest BCUT2D eigenvalue weighted by Gasteiger charge is 2.54. The first-order valence-corrected chi connectivity index (χ1v) is 21.6. The molecule has 9 aromatic rings. The zero-order valence-corrected chi connectivity index (χ0v) is 36.0. The van der Waals surface area contributed by atoms with Gasteiger partial charge in [0.2, 0.25) is 0 Å². The van der Waals surface area contributed by atoms with Gasteiger partial charge in [0.15, 0.2) is 11.6 Å². The van der Waals surface area contributed by atoms with Crippen molar-refractivity contribution in [1.29, 1.82) is 0 Å². The third-order valence-corrected chi connectivity index (χ3v) is 13.4. The molecule has 1 spiro atoms. The lowest BCUT2D eigenvalue weighted by molar-refractivity contribution is 0.101. The third kappa shape index (κ3) is 5.48. The van der Waals surface area contributed by atoms with E-state index in [1.165, 1.54) is 0 Å². The average Bonchev–Trinajstić information content (AvgIpc) is 3.93. The van der Waals surface area contributed by atoms with E-state index in [2.05, 4.69) is 128 Å². The van der Waals surface area contributed by atoms with E-state index in [1.54, 1.807) is 13.8 Å². The molecule has 308 valence electrons. The van der Waals surface area contributed by atoms with Gasteiger partial charge in [-0.15, -0.1) is 0 Å². The van der Waals surface area contributed by atoms with E-state index in [9.17, 15) is 14.4 Å². The molecule has 8 aromatic carbocycles. The summed E-state index contributed by atoms with van der Waals surface area (Å²) >= 11 is 0. The minimum absolute atomic E-state index is 0.0710. The summed E-state index contributed by atoms with van der Waals surface area (Å²) in [5.41, 5.74) is 17.2. The van der Waals surface area contributed by atoms with Crippen LogP contribution in [-0.4, -0.2) is 28.4 Å². The van der Waals surface area contributed by atoms with Crippen molar-refractivity contribution in [3.8, 4) is 50.2 Å². The number of aromatic nitrogens is 2. The summed E-state index contributed by atoms with van der Waals surface area (Å²) in [6.45, 7) is 9.58. The molecule has 2 aliphatic rings. The Bertz CT molecular complexity index is 3520. The molecule has 1 N–H and O–H groups in total. The first-order chi connectivity index (χ1) is 31.1. The summed E-state index contributed by atoms with van der Waals surface area (Å²) in [5.74, 6) is -0.247. The normalized spacial score (nSPS) is 14.2. The monoisotopic (exact) mass is 829 g/mol. The second-order valence-electron chi connectivity index (χ2n) is 17.1. The number of hydrogen-bond acceptors (Lipinski definition) is 4. The number of carbonyl (C=O) groups is 2. The molecule has 0 fully saturated rings. The Balaban J connectivity index is 1.33. The molecule has 11 rings (SSSR count). The van der Waals surface area contributed by atoms with Gasteiger partial charge < -0.3 is 4.90 Å². The number of ketones is 2. The van der Waals surface area contributed by atoms with Crippen LogP contribution in [0.2, 0.25) is 0 Å². The number of H-pyrrole nitrogens is 1. The maximum atomic E-state index is 14.6. The number of Topliss-reactive ketones (excluding diaryl/α,β-unsaturated/α-hetero) is 2. The van der Waals surface area contributed by atoms with E-state index in [4.69, 9.17) is 0 Å². The predicted octanol–water partition coefficient (Wildman–Crippen LogP) is 13.0. The molecule has 1 atom stereocenters. The number of fused-ring (bicyclic) bond motifs is 11. The van der Waals surface area contributed by atoms with Crippen LogP contribution in [0.1, 0.15) is 62.4 Å². The SMILES string of the molecule is C=C(C)C(=O)c1cc2c(cc1N(C)c1ccccc1C(C)=O)C1(c3cc(-n4[nH]c(=O)c5ccccc54)c(C)cc3-c3c(-c4ccccc4)cccc31)c1cccc(-c3ccccc3)c1-2. The number of para-hydroxylation sites is 2. The molecular formula is C58H43N3O3. The van der Waals surface area contributed by atoms with Crippen LogP contribution in [-0.2, 0) is 5.41 Å². The Morgan fingerprint density at radius 2 is 1.14 bits per heavy atom. The zero-order chi connectivity index (χ0) is 44.0. The highest BCUT2D eigenvalue weighted by Crippen LogP contribution is 2.66. The number of nitrogens with one attached hydrogen (secondary N) is 1. The highest BCUT2D eigenvalue weighted by atomic mass is 16.1. The number of carbonyl (C=O) groups excluding carboxylic acids is 2. The van der Waals surface area contributed by atoms with E-state index in [1.807, 2.05) is 77.3 Å². The molecule has 0 saturated carbocycles. The second-order valence-corrected chi connectivity index (χ2v) is 17.1. The first kappa shape index (κ1) is 38.8. The largest absolute Gasteiger partial charge is 0.343 e. The van der Waals surface area contributed by atoms with Crippen LogP contribution in [0.5, 0.6) is 0 Å². The quantitative estimate of drug-likeness (QED) is 0.122. The number of allylic oxidation sites excluding steroid dienone is 1. The molecule has 6 nitrogen and oxygen atoms in total. The molecule has 1 unspecified atom stereocenters. The molecule has 2 aliphatic carbocycles. The maximum absolute atomic E-state index is 14.6. The number of anilines is 2. The number of benzene rings is 8. The Morgan fingerprint density at radius 3 is 1.77 bits per heavy atom. The fraction of sp³-hybridized carbons (Fsp3) is 0.0862. The maximum Gasteiger partial charge on any atom is 0.272 e. The van der Waals surface area contributed by atoms with Gasteiger partial charge in [-0.1, -0.05) is 128 Å². The third-order valence-electron chi connectivity index (χ3n) is 13.4. The second kappa shape index (κ2) is 14.5. The van der Waals surface area contributed by atoms with Crippen LogP contribution in [0.3, 0.4) is 0 Å². The van der Waals surface area contributed by atoms with Crippen molar-refractivity contribution in [2.45, 2.75) is 26.2 Å². The summed E-state index contributed by atoms with van der Waals surface area (Å²) < 4.78 is 1.92. The standard InChI is InChI=1S/C58H43N3O3/c1-34(2)56(63)45-31-44-49(33-53(45)60(5)50-28-14-12-22-39(50)36(4)62)58(47-27-17-25-41(55(44)47)38-20-10-7-11-21-38)46-26-16-24-40(37-18-8-6-9-19-37)54(46)43-30-35(3)52(32-48(43)58)61-51-29-15-13-23-42(51)57(64)59-61/h6-33H,1H2,2-5H3,(H,59,64). The van der Waals surface area contributed by atoms with Gasteiger partial charge in [-0.3, -0.25) is 24.2 Å². The van der Waals surface area contributed by atoms with E-state index in [-0.39, 0.29) is 17.1 Å². The van der Waals surface area contributed by atoms with Crippen molar-refractivity contribution >= 4 is 33.8 Å². The number of aromatic amines is 1. The Hall–Kier alpha value is -8.09. The van der Waals surface area contributed by atoms with E-state index in [0.717, 1.165) is 83.5 Å². The van der Waals surface area contributed by atoms with Crippen molar-refractivity contribution in [3.05, 3.63) is 231 Å². The van der Waals surface area contributed by atoms with Gasteiger partial charge in [-0.2, -0.15) is 0 Å². The summed E-state index contributed by atoms with van der Waals surface area (Å²) in [5, 5.41) is 3.79. The minimum Gasteiger partial charge on any atom is -0.343 e. The fourth-order valence-electron chi connectivity index (χ4n) is 10.6. The Kier molecular flexibility index (Phi) is 8.79. The highest BCUT2D eigenvalue weighted by molar-refractivity contribution is 6.15. The van der Waals surface area contributed by atoms with Crippen molar-refractivity contribution in [2.24, 2.45) is 0 Å². The van der Waals surface area contributed by atoms with Gasteiger partial charge in [-0.25, -0.2) is 0 Å². The smallest absolute Gasteiger partial charge is 0.272 e. The van der Waals surface area contributed by atoms with Gasteiger partial charge in [-0.05, 0) is 147 Å². The molecule has 0 saturated heterocycles. The molecule has 0 amide bonds. The van der Waals surface area contributed by atoms with Crippen molar-refractivity contribution < 1.29 is 9.59 Å². The topological polar surface area (TPSA) is 75.2 Å². The molecule has 0 aliphatic heterocycles. The number of aryl methyl sites for hydroxylation is 1. The van der Waals surface area contributed by atoms with Gasteiger partial charge in [0, 0.05) is 18.2 Å². The zero-order valence-electron chi connectivity index (χ0n) is 36.0. The summed E-state index contributed by atoms with van der Waals surface area (Å²) in [6.07, 6.45) is 0. The number of rotatable bonds is 8. The summed E-state index contributed by atoms with van der Waals surface area (Å²) in [7, 11) is 1.93. The minimum atomic E-state index is -0.906. The Morgan fingerprint density at radius 1 is 0.578 bits per heavy atom. The van der Waals surface area contributed by atoms with Crippen molar-refractivity contribution in [1.82, 2.24) is 9.78 Å². The van der Waals surface area contributed by atoms with Crippen LogP contribution < -0.4 is 10.5 Å². The van der Waals surface area contributed by atoms with E-state index < -0.39 is 5.41 Å².